The van der Waals surface area contributed by atoms with Crippen LogP contribution in [-0.4, -0.2) is 18.2 Å². The van der Waals surface area contributed by atoms with Gasteiger partial charge in [0.15, 0.2) is 0 Å². The van der Waals surface area contributed by atoms with Crippen molar-refractivity contribution in [2.24, 2.45) is 0 Å². The zero-order valence-corrected chi connectivity index (χ0v) is 15.0. The van der Waals surface area contributed by atoms with Gasteiger partial charge in [-0.25, -0.2) is 4.79 Å². The fourth-order valence-corrected chi connectivity index (χ4v) is 3.13. The van der Waals surface area contributed by atoms with Gasteiger partial charge in [-0.15, -0.1) is 0 Å². The fourth-order valence-electron chi connectivity index (χ4n) is 2.78. The van der Waals surface area contributed by atoms with Gasteiger partial charge in [0.2, 0.25) is 0 Å². The Bertz CT molecular complexity index is 631. The SMILES string of the molecule is CC(C)(C)OC(=O)N1CC(C)(CCC#N)c2ccc(Br)cc21. The van der Waals surface area contributed by atoms with Crippen molar-refractivity contribution in [2.75, 3.05) is 11.4 Å². The molecule has 2 rings (SSSR count). The Hall–Kier alpha value is -1.54. The lowest BCUT2D eigenvalue weighted by atomic mass is 9.80. The Morgan fingerprint density at radius 1 is 1.50 bits per heavy atom. The molecule has 0 saturated heterocycles. The number of hydrogen-bond donors (Lipinski definition) is 0. The highest BCUT2D eigenvalue weighted by molar-refractivity contribution is 9.10. The van der Waals surface area contributed by atoms with Crippen LogP contribution in [0, 0.1) is 11.3 Å². The van der Waals surface area contributed by atoms with Gasteiger partial charge in [0.1, 0.15) is 5.60 Å². The molecule has 1 aromatic carbocycles. The highest BCUT2D eigenvalue weighted by atomic mass is 79.9. The van der Waals surface area contributed by atoms with Crippen molar-refractivity contribution in [3.05, 3.63) is 28.2 Å². The number of halogens is 1. The number of carbonyl (C=O) groups is 1. The molecule has 0 fully saturated rings. The molecule has 0 bridgehead atoms. The van der Waals surface area contributed by atoms with E-state index in [0.29, 0.717) is 13.0 Å². The first-order valence-electron chi connectivity index (χ1n) is 7.34. The monoisotopic (exact) mass is 364 g/mol. The molecular weight excluding hydrogens is 344 g/mol. The van der Waals surface area contributed by atoms with E-state index in [1.165, 1.54) is 0 Å². The minimum absolute atomic E-state index is 0.220. The average molecular weight is 365 g/mol. The summed E-state index contributed by atoms with van der Waals surface area (Å²) in [6, 6.07) is 8.14. The van der Waals surface area contributed by atoms with E-state index in [0.717, 1.165) is 22.1 Å². The number of carbonyl (C=O) groups excluding carboxylic acids is 1. The highest BCUT2D eigenvalue weighted by Gasteiger charge is 2.42. The Labute approximate surface area is 140 Å². The topological polar surface area (TPSA) is 53.3 Å². The minimum Gasteiger partial charge on any atom is -0.443 e. The third kappa shape index (κ3) is 3.44. The summed E-state index contributed by atoms with van der Waals surface area (Å²) in [7, 11) is 0. The molecule has 0 saturated carbocycles. The Balaban J connectivity index is 2.38. The molecule has 22 heavy (non-hydrogen) atoms. The van der Waals surface area contributed by atoms with Crippen LogP contribution in [0.15, 0.2) is 22.7 Å². The van der Waals surface area contributed by atoms with E-state index in [-0.39, 0.29) is 11.5 Å². The first-order valence-corrected chi connectivity index (χ1v) is 8.13. The number of anilines is 1. The lowest BCUT2D eigenvalue weighted by molar-refractivity contribution is 0.0578. The molecule has 1 heterocycles. The molecule has 0 spiro atoms. The second-order valence-corrected chi connectivity index (χ2v) is 7.86. The molecule has 1 atom stereocenters. The molecule has 1 aromatic rings. The average Bonchev–Trinajstić information content (AvgIpc) is 2.68. The largest absolute Gasteiger partial charge is 0.443 e. The molecule has 1 aliphatic heterocycles. The van der Waals surface area contributed by atoms with Crippen LogP contribution < -0.4 is 4.90 Å². The number of fused-ring (bicyclic) bond motifs is 1. The summed E-state index contributed by atoms with van der Waals surface area (Å²) in [5.41, 5.74) is 1.21. The van der Waals surface area contributed by atoms with E-state index >= 15 is 0 Å². The predicted molar refractivity (Wildman–Crippen MR) is 89.9 cm³/mol. The van der Waals surface area contributed by atoms with Gasteiger partial charge in [0, 0.05) is 22.9 Å². The van der Waals surface area contributed by atoms with Gasteiger partial charge in [0.25, 0.3) is 0 Å². The summed E-state index contributed by atoms with van der Waals surface area (Å²) in [4.78, 5) is 14.2. The van der Waals surface area contributed by atoms with Crippen molar-refractivity contribution in [1.82, 2.24) is 0 Å². The molecule has 0 radical (unpaired) electrons. The van der Waals surface area contributed by atoms with Crippen molar-refractivity contribution >= 4 is 27.7 Å². The van der Waals surface area contributed by atoms with Gasteiger partial charge >= 0.3 is 6.09 Å². The fraction of sp³-hybridized carbons (Fsp3) is 0.529. The summed E-state index contributed by atoms with van der Waals surface area (Å²) in [6.45, 7) is 8.21. The van der Waals surface area contributed by atoms with E-state index in [4.69, 9.17) is 10.00 Å². The van der Waals surface area contributed by atoms with Crippen LogP contribution in [0.3, 0.4) is 0 Å². The molecule has 1 aliphatic rings. The number of ether oxygens (including phenoxy) is 1. The Morgan fingerprint density at radius 3 is 2.77 bits per heavy atom. The van der Waals surface area contributed by atoms with Gasteiger partial charge in [0.05, 0.1) is 11.8 Å². The number of nitriles is 1. The number of hydrogen-bond acceptors (Lipinski definition) is 3. The van der Waals surface area contributed by atoms with Gasteiger partial charge in [-0.2, -0.15) is 5.26 Å². The standard InChI is InChI=1S/C17H21BrN2O2/c1-16(2,3)22-15(21)20-11-17(4,8-5-9-19)13-7-6-12(18)10-14(13)20/h6-7,10H,5,8,11H2,1-4H3. The van der Waals surface area contributed by atoms with Crippen molar-refractivity contribution < 1.29 is 9.53 Å². The number of rotatable bonds is 2. The summed E-state index contributed by atoms with van der Waals surface area (Å²) >= 11 is 3.46. The summed E-state index contributed by atoms with van der Waals surface area (Å²) in [5, 5.41) is 8.90. The molecule has 5 heteroatoms. The molecule has 0 N–H and O–H groups in total. The van der Waals surface area contributed by atoms with Gasteiger partial charge in [-0.05, 0) is 44.9 Å². The zero-order chi connectivity index (χ0) is 16.5. The van der Waals surface area contributed by atoms with Crippen molar-refractivity contribution in [1.29, 1.82) is 5.26 Å². The van der Waals surface area contributed by atoms with Gasteiger partial charge in [-0.3, -0.25) is 4.90 Å². The van der Waals surface area contributed by atoms with Crippen LogP contribution in [-0.2, 0) is 10.2 Å². The second kappa shape index (κ2) is 5.92. The lowest BCUT2D eigenvalue weighted by Gasteiger charge is -2.27. The van der Waals surface area contributed by atoms with Crippen LogP contribution in [0.1, 0.15) is 46.1 Å². The lowest BCUT2D eigenvalue weighted by Crippen LogP contribution is -2.39. The van der Waals surface area contributed by atoms with Crippen molar-refractivity contribution in [3.8, 4) is 6.07 Å². The summed E-state index contributed by atoms with van der Waals surface area (Å²) < 4.78 is 6.44. The molecule has 0 aliphatic carbocycles. The third-order valence-corrected chi connectivity index (χ3v) is 4.30. The Kier molecular flexibility index (Phi) is 4.53. The Morgan fingerprint density at radius 2 is 2.18 bits per heavy atom. The van der Waals surface area contributed by atoms with Crippen molar-refractivity contribution in [2.45, 2.75) is 51.6 Å². The van der Waals surface area contributed by atoms with E-state index < -0.39 is 5.60 Å². The van der Waals surface area contributed by atoms with E-state index in [2.05, 4.69) is 28.9 Å². The van der Waals surface area contributed by atoms with Crippen LogP contribution in [0.2, 0.25) is 0 Å². The van der Waals surface area contributed by atoms with E-state index in [1.807, 2.05) is 39.0 Å². The van der Waals surface area contributed by atoms with E-state index in [9.17, 15) is 4.79 Å². The third-order valence-electron chi connectivity index (χ3n) is 3.81. The maximum Gasteiger partial charge on any atom is 0.414 e. The van der Waals surface area contributed by atoms with Crippen LogP contribution >= 0.6 is 15.9 Å². The summed E-state index contributed by atoms with van der Waals surface area (Å²) in [6.07, 6.45) is 0.846. The van der Waals surface area contributed by atoms with Crippen LogP contribution in [0.4, 0.5) is 10.5 Å². The zero-order valence-electron chi connectivity index (χ0n) is 13.4. The predicted octanol–water partition coefficient (Wildman–Crippen LogP) is 4.77. The normalized spacial score (nSPS) is 20.5. The molecule has 1 amide bonds. The van der Waals surface area contributed by atoms with Gasteiger partial charge < -0.3 is 4.74 Å². The number of benzene rings is 1. The van der Waals surface area contributed by atoms with E-state index in [1.54, 1.807) is 4.90 Å². The van der Waals surface area contributed by atoms with Crippen LogP contribution in [0.5, 0.6) is 0 Å². The number of amides is 1. The molecule has 1 unspecified atom stereocenters. The molecule has 4 nitrogen and oxygen atoms in total. The first-order chi connectivity index (χ1) is 10.2. The number of nitrogens with zero attached hydrogens (tertiary/aromatic N) is 2. The summed E-state index contributed by atoms with van der Waals surface area (Å²) in [5.74, 6) is 0. The van der Waals surface area contributed by atoms with Crippen molar-refractivity contribution in [3.63, 3.8) is 0 Å². The second-order valence-electron chi connectivity index (χ2n) is 6.95. The first kappa shape index (κ1) is 16.8. The smallest absolute Gasteiger partial charge is 0.414 e. The quantitative estimate of drug-likeness (QED) is 0.759. The minimum atomic E-state index is -0.533. The van der Waals surface area contributed by atoms with Gasteiger partial charge in [-0.1, -0.05) is 28.9 Å². The highest BCUT2D eigenvalue weighted by Crippen LogP contribution is 2.45. The maximum atomic E-state index is 12.5. The molecular formula is C17H21BrN2O2. The molecule has 0 aromatic heterocycles. The maximum absolute atomic E-state index is 12.5. The van der Waals surface area contributed by atoms with Crippen LogP contribution in [0.25, 0.3) is 0 Å². The molecule has 118 valence electrons.